The number of ether oxygens (including phenoxy) is 5. The van der Waals surface area contributed by atoms with E-state index >= 15 is 0 Å². The number of aliphatic hydroxyl groups excluding tert-OH is 1. The highest BCUT2D eigenvalue weighted by Crippen LogP contribution is 2.80. The average molecular weight is 574 g/mol. The number of piperidine rings is 1. The third-order valence-electron chi connectivity index (χ3n) is 12.5. The van der Waals surface area contributed by atoms with Crippen LogP contribution in [0, 0.1) is 34.5 Å². The molecule has 0 unspecified atom stereocenters. The summed E-state index contributed by atoms with van der Waals surface area (Å²) in [4.78, 5) is 15.8. The van der Waals surface area contributed by atoms with Crippen LogP contribution in [-0.2, 0) is 23.7 Å². The second-order valence-electron chi connectivity index (χ2n) is 13.6. The van der Waals surface area contributed by atoms with Crippen molar-refractivity contribution in [1.82, 2.24) is 4.90 Å². The van der Waals surface area contributed by atoms with E-state index in [1.165, 1.54) is 7.11 Å². The Bertz CT molecular complexity index is 1200. The molecule has 7 rings (SSSR count). The van der Waals surface area contributed by atoms with Gasteiger partial charge in [-0.1, -0.05) is 18.2 Å². The van der Waals surface area contributed by atoms with Crippen molar-refractivity contribution in [1.29, 1.82) is 0 Å². The molecule has 1 aromatic carbocycles. The number of nitrogens with zero attached hydrogens (tertiary/aromatic N) is 1. The van der Waals surface area contributed by atoms with Gasteiger partial charge in [0.1, 0.15) is 29.5 Å². The van der Waals surface area contributed by atoms with E-state index in [-0.39, 0.29) is 35.8 Å². The summed E-state index contributed by atoms with van der Waals surface area (Å²) in [6, 6.07) is 8.46. The van der Waals surface area contributed by atoms with E-state index in [4.69, 9.17) is 23.7 Å². The molecular weight excluding hydrogens is 530 g/mol. The molecule has 6 fully saturated rings. The number of fused-ring (bicyclic) bond motifs is 2. The number of esters is 1. The first-order valence-electron chi connectivity index (χ1n) is 14.8. The number of rotatable bonds is 7. The molecule has 10 heteroatoms. The summed E-state index contributed by atoms with van der Waals surface area (Å²) in [6.45, 7) is 1.29. The van der Waals surface area contributed by atoms with E-state index in [1.54, 1.807) is 45.6 Å². The lowest BCUT2D eigenvalue weighted by atomic mass is 9.43. The summed E-state index contributed by atoms with van der Waals surface area (Å²) < 4.78 is 30.6. The third-order valence-corrected chi connectivity index (χ3v) is 12.5. The molecule has 1 aromatic rings. The van der Waals surface area contributed by atoms with Crippen LogP contribution in [0.1, 0.15) is 29.6 Å². The molecule has 10 nitrogen and oxygen atoms in total. The van der Waals surface area contributed by atoms with Crippen LogP contribution in [0.15, 0.2) is 30.3 Å². The number of hydrogen-bond acceptors (Lipinski definition) is 10. The van der Waals surface area contributed by atoms with Crippen molar-refractivity contribution in [3.05, 3.63) is 35.9 Å². The summed E-state index contributed by atoms with van der Waals surface area (Å²) in [5.41, 5.74) is -3.95. The molecule has 3 N–H and O–H groups in total. The third kappa shape index (κ3) is 3.08. The van der Waals surface area contributed by atoms with Gasteiger partial charge in [0.2, 0.25) is 0 Å². The Kier molecular flexibility index (Phi) is 6.31. The number of aliphatic hydroxyl groups is 3. The topological polar surface area (TPSA) is 127 Å². The van der Waals surface area contributed by atoms with Gasteiger partial charge >= 0.3 is 5.97 Å². The van der Waals surface area contributed by atoms with E-state index < -0.39 is 58.8 Å². The fourth-order valence-electron chi connectivity index (χ4n) is 11.8. The quantitative estimate of drug-likeness (QED) is 0.402. The maximum absolute atomic E-state index is 13.5. The lowest BCUT2D eigenvalue weighted by molar-refractivity contribution is -0.313. The van der Waals surface area contributed by atoms with Crippen molar-refractivity contribution in [2.45, 2.75) is 67.0 Å². The van der Waals surface area contributed by atoms with Crippen molar-refractivity contribution in [3.63, 3.8) is 0 Å². The Hall–Kier alpha value is -1.63. The Morgan fingerprint density at radius 3 is 2.39 bits per heavy atom. The van der Waals surface area contributed by atoms with Crippen LogP contribution >= 0.6 is 0 Å². The predicted molar refractivity (Wildman–Crippen MR) is 145 cm³/mol. The van der Waals surface area contributed by atoms with Crippen LogP contribution in [0.4, 0.5) is 0 Å². The summed E-state index contributed by atoms with van der Waals surface area (Å²) in [6.07, 6.45) is -2.45. The van der Waals surface area contributed by atoms with Crippen molar-refractivity contribution in [2.75, 3.05) is 48.6 Å². The van der Waals surface area contributed by atoms with Gasteiger partial charge in [0.15, 0.2) is 0 Å². The first-order chi connectivity index (χ1) is 19.6. The molecule has 5 aliphatic carbocycles. The normalized spacial score (nSPS) is 52.9. The first-order valence-corrected chi connectivity index (χ1v) is 14.8. The molecule has 0 aromatic heterocycles. The molecule has 14 atom stereocenters. The molecular formula is C31H43NO9. The zero-order valence-corrected chi connectivity index (χ0v) is 24.4. The number of carbonyl (C=O) groups is 1. The van der Waals surface area contributed by atoms with E-state index in [2.05, 4.69) is 11.9 Å². The molecule has 0 radical (unpaired) electrons. The van der Waals surface area contributed by atoms with Crippen molar-refractivity contribution in [2.24, 2.45) is 34.5 Å². The SMILES string of the molecule is COC[C@@]12CC[C@H](OC)[C@]34[C@@H]1[C@@H](OC)[C@H]([C@H]3N(C)C2)[C@]1(O)[C@H]2[C@@H](OC(=O)c3ccccc3)[C@@](O)(C[C@@H]24)[C@@H](OC)[C@@H]1O. The van der Waals surface area contributed by atoms with E-state index in [9.17, 15) is 20.1 Å². The van der Waals surface area contributed by atoms with Gasteiger partial charge < -0.3 is 43.9 Å². The average Bonchev–Trinajstić information content (AvgIpc) is 3.36. The zero-order valence-electron chi connectivity index (χ0n) is 24.4. The van der Waals surface area contributed by atoms with E-state index in [0.29, 0.717) is 12.2 Å². The molecule has 6 aliphatic rings. The van der Waals surface area contributed by atoms with Gasteiger partial charge in [0.25, 0.3) is 0 Å². The largest absolute Gasteiger partial charge is 0.455 e. The second-order valence-corrected chi connectivity index (χ2v) is 13.6. The highest BCUT2D eigenvalue weighted by Gasteiger charge is 2.90. The number of methoxy groups -OCH3 is 4. The van der Waals surface area contributed by atoms with Crippen LogP contribution in [0.5, 0.6) is 0 Å². The zero-order chi connectivity index (χ0) is 29.1. The van der Waals surface area contributed by atoms with Crippen molar-refractivity contribution in [3.8, 4) is 0 Å². The fraction of sp³-hybridized carbons (Fsp3) is 0.774. The lowest BCUT2D eigenvalue weighted by Gasteiger charge is -2.69. The van der Waals surface area contributed by atoms with Gasteiger partial charge in [0.05, 0.1) is 24.4 Å². The van der Waals surface area contributed by atoms with Crippen LogP contribution in [0.2, 0.25) is 0 Å². The molecule has 7 bridgehead atoms. The summed E-state index contributed by atoms with van der Waals surface area (Å²) >= 11 is 0. The highest BCUT2D eigenvalue weighted by atomic mass is 16.6. The maximum atomic E-state index is 13.5. The van der Waals surface area contributed by atoms with Gasteiger partial charge in [0, 0.05) is 69.6 Å². The van der Waals surface area contributed by atoms with Crippen LogP contribution in [-0.4, -0.2) is 123 Å². The van der Waals surface area contributed by atoms with Gasteiger partial charge in [-0.25, -0.2) is 4.79 Å². The molecule has 226 valence electrons. The molecule has 5 saturated carbocycles. The molecule has 1 saturated heterocycles. The predicted octanol–water partition coefficient (Wildman–Crippen LogP) is 0.716. The van der Waals surface area contributed by atoms with Gasteiger partial charge in [-0.2, -0.15) is 0 Å². The van der Waals surface area contributed by atoms with E-state index in [0.717, 1.165) is 19.4 Å². The van der Waals surface area contributed by atoms with Gasteiger partial charge in [-0.15, -0.1) is 0 Å². The van der Waals surface area contributed by atoms with Crippen molar-refractivity contribution < 1.29 is 43.8 Å². The van der Waals surface area contributed by atoms with Crippen LogP contribution in [0.3, 0.4) is 0 Å². The Balaban J connectivity index is 1.46. The maximum Gasteiger partial charge on any atom is 0.338 e. The number of benzene rings is 1. The number of hydrogen-bond donors (Lipinski definition) is 3. The van der Waals surface area contributed by atoms with Gasteiger partial charge in [-0.05, 0) is 44.4 Å². The minimum atomic E-state index is -1.76. The minimum absolute atomic E-state index is 0.0644. The first kappa shape index (κ1) is 28.2. The molecule has 1 heterocycles. The molecule has 41 heavy (non-hydrogen) atoms. The van der Waals surface area contributed by atoms with Crippen LogP contribution in [0.25, 0.3) is 0 Å². The highest BCUT2D eigenvalue weighted by molar-refractivity contribution is 5.89. The second kappa shape index (κ2) is 9.19. The Labute approximate surface area is 240 Å². The molecule has 0 amide bonds. The monoisotopic (exact) mass is 573 g/mol. The number of likely N-dealkylation sites (tertiary alicyclic amines) is 1. The fourth-order valence-corrected chi connectivity index (χ4v) is 11.8. The smallest absolute Gasteiger partial charge is 0.338 e. The Morgan fingerprint density at radius 2 is 1.76 bits per heavy atom. The van der Waals surface area contributed by atoms with Crippen molar-refractivity contribution >= 4 is 5.97 Å². The van der Waals surface area contributed by atoms with Crippen LogP contribution < -0.4 is 0 Å². The summed E-state index contributed by atoms with van der Waals surface area (Å²) in [5.74, 6) is -2.30. The Morgan fingerprint density at radius 1 is 1.02 bits per heavy atom. The van der Waals surface area contributed by atoms with E-state index in [1.807, 2.05) is 6.07 Å². The van der Waals surface area contributed by atoms with Gasteiger partial charge in [-0.3, -0.25) is 0 Å². The number of carbonyl (C=O) groups excluding carboxylic acids is 1. The minimum Gasteiger partial charge on any atom is -0.455 e. The standard InChI is InChI=1S/C31H43NO9/c1-32-14-28(15-37-2)12-11-18(38-3)30-17-13-29(35)25(41-27(34)16-9-7-6-8-10-16)19(17)31(36,24(33)26(29)40-5)20(23(30)32)21(39-4)22(28)30/h6-10,17-26,33,35-36H,11-15H2,1-5H3/t17-,18-,19+,20+,21-,22+,23+,24-,25+,26-,28-,29-,30+,31+/m0/s1. The lowest BCUT2D eigenvalue weighted by Crippen LogP contribution is -2.79. The molecule has 1 spiro atoms. The summed E-state index contributed by atoms with van der Waals surface area (Å²) in [7, 11) is 8.65. The molecule has 1 aliphatic heterocycles. The summed E-state index contributed by atoms with van der Waals surface area (Å²) in [5, 5.41) is 37.6.